The zero-order valence-electron chi connectivity index (χ0n) is 18.9. The highest BCUT2D eigenvalue weighted by atomic mass is 32.1. The van der Waals surface area contributed by atoms with Crippen LogP contribution in [0.25, 0.3) is 10.2 Å². The largest absolute Gasteiger partial charge is 0.491 e. The maximum absolute atomic E-state index is 13.4. The van der Waals surface area contributed by atoms with E-state index in [0.29, 0.717) is 29.5 Å². The maximum atomic E-state index is 13.4. The third-order valence-corrected chi connectivity index (χ3v) is 8.01. The Balaban J connectivity index is 1.27. The molecule has 8 heteroatoms. The lowest BCUT2D eigenvalue weighted by Crippen LogP contribution is -2.42. The van der Waals surface area contributed by atoms with Gasteiger partial charge in [0.2, 0.25) is 0 Å². The number of ether oxygens (including phenoxy) is 1. The molecule has 174 valence electrons. The smallest absolute Gasteiger partial charge is 0.263 e. The van der Waals surface area contributed by atoms with Crippen LogP contribution in [0.2, 0.25) is 0 Å². The average molecular weight is 469 g/mol. The predicted molar refractivity (Wildman–Crippen MR) is 131 cm³/mol. The summed E-state index contributed by atoms with van der Waals surface area (Å²) >= 11 is 1.32. The number of nitrogen functional groups attached to an aromatic ring is 1. The van der Waals surface area contributed by atoms with Crippen LogP contribution in [0, 0.1) is 18.8 Å². The van der Waals surface area contributed by atoms with Crippen molar-refractivity contribution in [1.82, 2.24) is 10.3 Å². The number of nitrogens with one attached hydrogen (secondary N) is 1. The van der Waals surface area contributed by atoms with Crippen molar-refractivity contribution in [3.05, 3.63) is 46.5 Å². The molecule has 1 amide bonds. The van der Waals surface area contributed by atoms with E-state index in [1.807, 2.05) is 19.1 Å². The first kappa shape index (κ1) is 21.9. The van der Waals surface area contributed by atoms with E-state index in [0.717, 1.165) is 52.4 Å². The van der Waals surface area contributed by atoms with Crippen LogP contribution in [0.5, 0.6) is 5.75 Å². The van der Waals surface area contributed by atoms with Gasteiger partial charge in [0, 0.05) is 41.8 Å². The molecule has 0 radical (unpaired) electrons. The first-order valence-corrected chi connectivity index (χ1v) is 12.3. The van der Waals surface area contributed by atoms with Crippen LogP contribution in [0.1, 0.15) is 34.3 Å². The second kappa shape index (κ2) is 8.82. The third-order valence-electron chi connectivity index (χ3n) is 6.90. The molecule has 0 bridgehead atoms. The molecule has 33 heavy (non-hydrogen) atoms. The first-order chi connectivity index (χ1) is 16.0. The van der Waals surface area contributed by atoms with Crippen LogP contribution in [0.15, 0.2) is 30.3 Å². The summed E-state index contributed by atoms with van der Waals surface area (Å²) < 4.78 is 19.4. The van der Waals surface area contributed by atoms with Gasteiger partial charge in [-0.1, -0.05) is 19.4 Å². The molecule has 6 nitrogen and oxygen atoms in total. The first-order valence-electron chi connectivity index (χ1n) is 11.5. The Labute approximate surface area is 196 Å². The van der Waals surface area contributed by atoms with E-state index >= 15 is 0 Å². The lowest BCUT2D eigenvalue weighted by atomic mass is 9.95. The third kappa shape index (κ3) is 4.12. The van der Waals surface area contributed by atoms with Crippen LogP contribution in [0.4, 0.5) is 15.8 Å². The molecule has 3 N–H and O–H groups in total. The van der Waals surface area contributed by atoms with Gasteiger partial charge >= 0.3 is 0 Å². The number of anilines is 2. The molecule has 2 aromatic heterocycles. The molecule has 3 atom stereocenters. The number of halogens is 1. The number of benzene rings is 1. The van der Waals surface area contributed by atoms with E-state index < -0.39 is 0 Å². The standard InChI is InChI=1S/C25H29FN4O2S/c1-3-15-11-30(12-17(15)10-26)19-6-5-16-8-18(13-32-21(16)9-19)29-24(31)23-22(27)20-7-4-14(2)28-25(20)33-23/h4-7,9,15,17-18H,3,8,10-13,27H2,1-2H3,(H,29,31)/t15-,17+,18+/m0/s1. The fourth-order valence-electron chi connectivity index (χ4n) is 4.95. The van der Waals surface area contributed by atoms with Crippen LogP contribution in [-0.2, 0) is 6.42 Å². The summed E-state index contributed by atoms with van der Waals surface area (Å²) in [4.78, 5) is 21.0. The number of hydrogen-bond donors (Lipinski definition) is 2. The summed E-state index contributed by atoms with van der Waals surface area (Å²) in [5, 5.41) is 3.89. The molecule has 0 spiro atoms. The highest BCUT2D eigenvalue weighted by Crippen LogP contribution is 2.36. The maximum Gasteiger partial charge on any atom is 0.263 e. The van der Waals surface area contributed by atoms with Crippen molar-refractivity contribution in [3.63, 3.8) is 0 Å². The highest BCUT2D eigenvalue weighted by Gasteiger charge is 2.32. The van der Waals surface area contributed by atoms with E-state index in [1.165, 1.54) is 11.3 Å². The summed E-state index contributed by atoms with van der Waals surface area (Å²) in [6, 6.07) is 9.87. The number of rotatable bonds is 5. The van der Waals surface area contributed by atoms with Gasteiger partial charge < -0.3 is 20.7 Å². The minimum atomic E-state index is -0.266. The monoisotopic (exact) mass is 468 g/mol. The van der Waals surface area contributed by atoms with Crippen LogP contribution in [-0.4, -0.2) is 43.3 Å². The fraction of sp³-hybridized carbons (Fsp3) is 0.440. The summed E-state index contributed by atoms with van der Waals surface area (Å²) in [7, 11) is 0. The van der Waals surface area contributed by atoms with E-state index in [2.05, 4.69) is 40.3 Å². The minimum absolute atomic E-state index is 0.104. The molecule has 1 saturated heterocycles. The van der Waals surface area contributed by atoms with Crippen molar-refractivity contribution in [2.24, 2.45) is 11.8 Å². The van der Waals surface area contributed by atoms with Crippen molar-refractivity contribution in [2.75, 3.05) is 37.0 Å². The number of fused-ring (bicyclic) bond motifs is 2. The van der Waals surface area contributed by atoms with Crippen molar-refractivity contribution in [3.8, 4) is 5.75 Å². The number of carbonyl (C=O) groups is 1. The summed E-state index contributed by atoms with van der Waals surface area (Å²) in [5.41, 5.74) is 9.74. The van der Waals surface area contributed by atoms with Crippen molar-refractivity contribution >= 4 is 38.8 Å². The number of amides is 1. The van der Waals surface area contributed by atoms with Crippen LogP contribution in [0.3, 0.4) is 0 Å². The van der Waals surface area contributed by atoms with Crippen LogP contribution < -0.4 is 20.7 Å². The van der Waals surface area contributed by atoms with E-state index in [-0.39, 0.29) is 24.5 Å². The molecule has 4 heterocycles. The van der Waals surface area contributed by atoms with Crippen molar-refractivity contribution in [1.29, 1.82) is 0 Å². The van der Waals surface area contributed by atoms with Gasteiger partial charge in [-0.2, -0.15) is 0 Å². The number of pyridine rings is 1. The molecule has 5 rings (SSSR count). The van der Waals surface area contributed by atoms with Gasteiger partial charge in [-0.25, -0.2) is 4.98 Å². The number of carbonyl (C=O) groups excluding carboxylic acids is 1. The van der Waals surface area contributed by atoms with Crippen LogP contribution >= 0.6 is 11.3 Å². The number of aryl methyl sites for hydroxylation is 1. The quantitative estimate of drug-likeness (QED) is 0.582. The second-order valence-corrected chi connectivity index (χ2v) is 10.1. The lowest BCUT2D eigenvalue weighted by Gasteiger charge is -2.28. The number of nitrogens with zero attached hydrogens (tertiary/aromatic N) is 2. The molecule has 0 unspecified atom stereocenters. The number of hydrogen-bond acceptors (Lipinski definition) is 6. The summed E-state index contributed by atoms with van der Waals surface area (Å²) in [6.45, 7) is 5.81. The van der Waals surface area contributed by atoms with E-state index in [1.54, 1.807) is 0 Å². The van der Waals surface area contributed by atoms with Gasteiger partial charge in [0.05, 0.1) is 18.4 Å². The lowest BCUT2D eigenvalue weighted by molar-refractivity contribution is 0.0920. The second-order valence-electron chi connectivity index (χ2n) is 9.12. The minimum Gasteiger partial charge on any atom is -0.491 e. The van der Waals surface area contributed by atoms with Gasteiger partial charge in [0.1, 0.15) is 22.1 Å². The van der Waals surface area contributed by atoms with Gasteiger partial charge in [-0.15, -0.1) is 11.3 Å². The average Bonchev–Trinajstić information content (AvgIpc) is 3.39. The van der Waals surface area contributed by atoms with Gasteiger partial charge in [0.15, 0.2) is 0 Å². The Hall–Kier alpha value is -2.87. The Morgan fingerprint density at radius 1 is 1.30 bits per heavy atom. The number of thiophene rings is 1. The normalized spacial score (nSPS) is 22.3. The van der Waals surface area contributed by atoms with E-state index in [9.17, 15) is 9.18 Å². The summed E-state index contributed by atoms with van der Waals surface area (Å²) in [6.07, 6.45) is 1.68. The fourth-order valence-corrected chi connectivity index (χ4v) is 5.99. The zero-order valence-corrected chi connectivity index (χ0v) is 19.8. The van der Waals surface area contributed by atoms with Gasteiger partial charge in [-0.3, -0.25) is 9.18 Å². The summed E-state index contributed by atoms with van der Waals surface area (Å²) in [5.74, 6) is 1.15. The SMILES string of the molecule is CC[C@H]1CN(c2ccc3c(c2)OC[C@H](NC(=O)c2sc4nc(C)ccc4c2N)C3)C[C@H]1CF. The molecule has 3 aromatic rings. The molecule has 1 fully saturated rings. The molecular formula is C25H29FN4O2S. The number of aromatic nitrogens is 1. The molecular weight excluding hydrogens is 439 g/mol. The molecule has 1 aromatic carbocycles. The van der Waals surface area contributed by atoms with E-state index in [4.69, 9.17) is 10.5 Å². The topological polar surface area (TPSA) is 80.5 Å². The predicted octanol–water partition coefficient (Wildman–Crippen LogP) is 4.35. The number of alkyl halides is 1. The number of nitrogens with two attached hydrogens (primary N) is 1. The molecule has 2 aliphatic heterocycles. The molecule has 2 aliphatic rings. The highest BCUT2D eigenvalue weighted by molar-refractivity contribution is 7.21. The Kier molecular flexibility index (Phi) is 5.86. The van der Waals surface area contributed by atoms with Gasteiger partial charge in [0.25, 0.3) is 5.91 Å². The molecule has 0 saturated carbocycles. The Morgan fingerprint density at radius 3 is 2.88 bits per heavy atom. The Morgan fingerprint density at radius 2 is 2.12 bits per heavy atom. The zero-order chi connectivity index (χ0) is 23.1. The Bertz CT molecular complexity index is 1180. The van der Waals surface area contributed by atoms with Crippen molar-refractivity contribution in [2.45, 2.75) is 32.7 Å². The van der Waals surface area contributed by atoms with Gasteiger partial charge in [-0.05, 0) is 43.0 Å². The van der Waals surface area contributed by atoms with Crippen molar-refractivity contribution < 1.29 is 13.9 Å². The molecule has 0 aliphatic carbocycles.